The van der Waals surface area contributed by atoms with Crippen LogP contribution in [-0.2, 0) is 17.6 Å². The van der Waals surface area contributed by atoms with Gasteiger partial charge in [-0.15, -0.1) is 11.3 Å². The lowest BCUT2D eigenvalue weighted by molar-refractivity contribution is -0.139. The van der Waals surface area contributed by atoms with Crippen molar-refractivity contribution in [2.75, 3.05) is 0 Å². The maximum absolute atomic E-state index is 12.1. The number of nitrogens with one attached hydrogen (secondary N) is 1. The molecule has 1 aromatic heterocycles. The summed E-state index contributed by atoms with van der Waals surface area (Å²) in [6.45, 7) is 0. The van der Waals surface area contributed by atoms with Crippen LogP contribution in [0.1, 0.15) is 35.0 Å². The number of aliphatic carboxylic acids is 1. The quantitative estimate of drug-likeness (QED) is 0.727. The van der Waals surface area contributed by atoms with Gasteiger partial charge in [0.2, 0.25) is 0 Å². The molecule has 2 aromatic carbocycles. The zero-order chi connectivity index (χ0) is 18.1. The minimum atomic E-state index is -0.915. The van der Waals surface area contributed by atoms with Crippen molar-refractivity contribution >= 4 is 17.3 Å². The van der Waals surface area contributed by atoms with Crippen molar-refractivity contribution in [1.29, 1.82) is 5.41 Å². The number of benzene rings is 2. The first-order valence-corrected chi connectivity index (χ1v) is 9.62. The fraction of sp³-hybridized carbons (Fsp3) is 0.238. The van der Waals surface area contributed by atoms with Gasteiger partial charge >= 0.3 is 5.97 Å². The molecule has 3 aromatic rings. The van der Waals surface area contributed by atoms with E-state index < -0.39 is 12.0 Å². The predicted octanol–water partition coefficient (Wildman–Crippen LogP) is 4.25. The maximum Gasteiger partial charge on any atom is 0.331 e. The summed E-state index contributed by atoms with van der Waals surface area (Å²) in [5.41, 5.74) is 3.90. The first kappa shape index (κ1) is 16.8. The summed E-state index contributed by atoms with van der Waals surface area (Å²) in [6, 6.07) is 16.9. The molecule has 2 N–H and O–H groups in total. The number of thiazole rings is 1. The Balaban J connectivity index is 1.76. The Morgan fingerprint density at radius 3 is 2.35 bits per heavy atom. The van der Waals surface area contributed by atoms with Crippen LogP contribution in [-0.4, -0.2) is 15.6 Å². The summed E-state index contributed by atoms with van der Waals surface area (Å²) in [5.74, 6) is -0.915. The zero-order valence-corrected chi connectivity index (χ0v) is 15.1. The molecule has 0 amide bonds. The first-order chi connectivity index (χ1) is 12.6. The van der Waals surface area contributed by atoms with E-state index in [4.69, 9.17) is 5.41 Å². The summed E-state index contributed by atoms with van der Waals surface area (Å²) >= 11 is 1.42. The number of carboxylic acid groups (broad SMARTS) is 1. The molecule has 1 atom stereocenters. The average Bonchev–Trinajstić information content (AvgIpc) is 2.99. The lowest BCUT2D eigenvalue weighted by Crippen LogP contribution is -2.29. The maximum atomic E-state index is 12.1. The Bertz CT molecular complexity index is 987. The van der Waals surface area contributed by atoms with Crippen molar-refractivity contribution in [2.45, 2.75) is 31.7 Å². The lowest BCUT2D eigenvalue weighted by Gasteiger charge is -2.20. The van der Waals surface area contributed by atoms with E-state index in [2.05, 4.69) is 0 Å². The third kappa shape index (κ3) is 2.99. The zero-order valence-electron chi connectivity index (χ0n) is 14.3. The van der Waals surface area contributed by atoms with E-state index in [-0.39, 0.29) is 0 Å². The molecule has 0 saturated heterocycles. The SMILES string of the molecule is N=c1sc2c(n1C(C(=O)O)c1ccc(-c3ccccc3)cc1)CCCC2. The number of rotatable bonds is 4. The highest BCUT2D eigenvalue weighted by molar-refractivity contribution is 7.09. The first-order valence-electron chi connectivity index (χ1n) is 8.81. The summed E-state index contributed by atoms with van der Waals surface area (Å²) in [4.78, 5) is 13.6. The van der Waals surface area contributed by atoms with Crippen molar-refractivity contribution in [3.8, 4) is 11.1 Å². The second-order valence-electron chi connectivity index (χ2n) is 6.58. The van der Waals surface area contributed by atoms with Gasteiger partial charge in [0.1, 0.15) is 0 Å². The summed E-state index contributed by atoms with van der Waals surface area (Å²) < 4.78 is 1.72. The minimum absolute atomic E-state index is 0.330. The molecule has 0 radical (unpaired) electrons. The van der Waals surface area contributed by atoms with Gasteiger partial charge in [-0.2, -0.15) is 0 Å². The highest BCUT2D eigenvalue weighted by atomic mass is 32.1. The molecule has 4 nitrogen and oxygen atoms in total. The van der Waals surface area contributed by atoms with Crippen LogP contribution >= 0.6 is 11.3 Å². The number of carbonyl (C=O) groups is 1. The number of aryl methyl sites for hydroxylation is 1. The molecule has 26 heavy (non-hydrogen) atoms. The fourth-order valence-corrected chi connectivity index (χ4v) is 4.79. The highest BCUT2D eigenvalue weighted by Crippen LogP contribution is 2.29. The van der Waals surface area contributed by atoms with Gasteiger partial charge in [-0.05, 0) is 42.4 Å². The van der Waals surface area contributed by atoms with Crippen LogP contribution in [0.4, 0.5) is 0 Å². The molecule has 0 aliphatic heterocycles. The Morgan fingerprint density at radius 2 is 1.65 bits per heavy atom. The fourth-order valence-electron chi connectivity index (χ4n) is 3.68. The number of nitrogens with zero attached hydrogens (tertiary/aromatic N) is 1. The molecule has 1 heterocycles. The molecule has 0 saturated carbocycles. The van der Waals surface area contributed by atoms with Gasteiger partial charge in [0.05, 0.1) is 0 Å². The van der Waals surface area contributed by atoms with Crippen LogP contribution in [0, 0.1) is 5.41 Å². The molecule has 1 aliphatic carbocycles. The summed E-state index contributed by atoms with van der Waals surface area (Å²) in [5, 5.41) is 18.2. The second-order valence-corrected chi connectivity index (χ2v) is 7.67. The summed E-state index contributed by atoms with van der Waals surface area (Å²) in [6.07, 6.45) is 3.99. The van der Waals surface area contributed by atoms with E-state index in [9.17, 15) is 9.90 Å². The van der Waals surface area contributed by atoms with Crippen molar-refractivity contribution in [2.24, 2.45) is 0 Å². The third-order valence-electron chi connectivity index (χ3n) is 4.94. The Morgan fingerprint density at radius 1 is 1.00 bits per heavy atom. The summed E-state index contributed by atoms with van der Waals surface area (Å²) in [7, 11) is 0. The van der Waals surface area contributed by atoms with Crippen LogP contribution in [0.25, 0.3) is 11.1 Å². The van der Waals surface area contributed by atoms with Gasteiger partial charge in [0.15, 0.2) is 10.8 Å². The third-order valence-corrected chi connectivity index (χ3v) is 6.02. The van der Waals surface area contributed by atoms with Crippen LogP contribution in [0.15, 0.2) is 54.6 Å². The normalized spacial score (nSPS) is 14.6. The van der Waals surface area contributed by atoms with Gasteiger partial charge in [-0.25, -0.2) is 4.79 Å². The van der Waals surface area contributed by atoms with Crippen molar-refractivity contribution < 1.29 is 9.90 Å². The van der Waals surface area contributed by atoms with Crippen molar-refractivity contribution in [3.05, 3.63) is 75.5 Å². The molecular formula is C21H20N2O2S. The van der Waals surface area contributed by atoms with Crippen molar-refractivity contribution in [3.63, 3.8) is 0 Å². The number of hydrogen-bond donors (Lipinski definition) is 2. The van der Waals surface area contributed by atoms with Crippen LogP contribution in [0.2, 0.25) is 0 Å². The van der Waals surface area contributed by atoms with E-state index in [1.807, 2.05) is 54.6 Å². The van der Waals surface area contributed by atoms with Crippen LogP contribution in [0.5, 0.6) is 0 Å². The van der Waals surface area contributed by atoms with Crippen LogP contribution < -0.4 is 4.80 Å². The standard InChI is InChI=1S/C21H20N2O2S/c22-21-23(17-8-4-5-9-18(17)26-21)19(20(24)25)16-12-10-15(11-13-16)14-6-2-1-3-7-14/h1-3,6-7,10-13,19,22H,4-5,8-9H2,(H,24,25). The molecule has 5 heteroatoms. The Kier molecular flexibility index (Phi) is 4.47. The Labute approximate surface area is 155 Å². The minimum Gasteiger partial charge on any atom is -0.479 e. The molecule has 0 fully saturated rings. The molecule has 132 valence electrons. The number of aromatic nitrogens is 1. The van der Waals surface area contributed by atoms with Crippen molar-refractivity contribution in [1.82, 2.24) is 4.57 Å². The highest BCUT2D eigenvalue weighted by Gasteiger charge is 2.28. The molecule has 4 rings (SSSR count). The smallest absolute Gasteiger partial charge is 0.331 e. The largest absolute Gasteiger partial charge is 0.479 e. The lowest BCUT2D eigenvalue weighted by atomic mass is 9.98. The number of fused-ring (bicyclic) bond motifs is 1. The van der Waals surface area contributed by atoms with Gasteiger partial charge in [-0.1, -0.05) is 54.6 Å². The van der Waals surface area contributed by atoms with E-state index in [0.717, 1.165) is 42.5 Å². The van der Waals surface area contributed by atoms with Gasteiger partial charge in [-0.3, -0.25) is 5.41 Å². The van der Waals surface area contributed by atoms with E-state index in [1.54, 1.807) is 4.57 Å². The molecular weight excluding hydrogens is 344 g/mol. The Hall–Kier alpha value is -2.66. The monoisotopic (exact) mass is 364 g/mol. The average molecular weight is 364 g/mol. The molecule has 0 bridgehead atoms. The topological polar surface area (TPSA) is 66.1 Å². The van der Waals surface area contributed by atoms with E-state index in [0.29, 0.717) is 10.4 Å². The van der Waals surface area contributed by atoms with E-state index in [1.165, 1.54) is 16.2 Å². The second kappa shape index (κ2) is 6.92. The molecule has 1 unspecified atom stereocenters. The van der Waals surface area contributed by atoms with Gasteiger partial charge in [0.25, 0.3) is 0 Å². The van der Waals surface area contributed by atoms with Gasteiger partial charge < -0.3 is 9.67 Å². The van der Waals surface area contributed by atoms with Gasteiger partial charge in [0, 0.05) is 10.6 Å². The molecule has 1 aliphatic rings. The number of carboxylic acids is 1. The number of hydrogen-bond acceptors (Lipinski definition) is 3. The predicted molar refractivity (Wildman–Crippen MR) is 102 cm³/mol. The van der Waals surface area contributed by atoms with E-state index >= 15 is 0 Å². The molecule has 0 spiro atoms. The van der Waals surface area contributed by atoms with Crippen LogP contribution in [0.3, 0.4) is 0 Å².